The molecule has 0 atom stereocenters. The van der Waals surface area contributed by atoms with Crippen LogP contribution in [0.15, 0.2) is 9.59 Å². The second kappa shape index (κ2) is 5.59. The molecule has 2 rings (SSSR count). The molecule has 1 heterocycles. The Morgan fingerprint density at radius 3 is 2.47 bits per heavy atom. The number of hydrogen-bond acceptors (Lipinski definition) is 4. The Morgan fingerprint density at radius 2 is 1.84 bits per heavy atom. The second-order valence-corrected chi connectivity index (χ2v) is 5.63. The van der Waals surface area contributed by atoms with Gasteiger partial charge < -0.3 is 5.32 Å². The number of aryl methyl sites for hydroxylation is 1. The van der Waals surface area contributed by atoms with Gasteiger partial charge in [-0.05, 0) is 24.7 Å². The predicted octanol–water partition coefficient (Wildman–Crippen LogP) is 0.717. The van der Waals surface area contributed by atoms with Gasteiger partial charge in [-0.15, -0.1) is 5.10 Å². The number of nitrogens with zero attached hydrogens (tertiary/aromatic N) is 3. The molecule has 6 nitrogen and oxygen atoms in total. The fourth-order valence-electron chi connectivity index (χ4n) is 2.58. The molecule has 0 radical (unpaired) electrons. The van der Waals surface area contributed by atoms with Gasteiger partial charge in [0.2, 0.25) is 5.82 Å². The first-order valence-corrected chi connectivity index (χ1v) is 6.87. The van der Waals surface area contributed by atoms with Gasteiger partial charge in [-0.2, -0.15) is 0 Å². The molecule has 1 aromatic rings. The molecule has 0 unspecified atom stereocenters. The molecule has 1 aliphatic rings. The number of rotatable bonds is 3. The van der Waals surface area contributed by atoms with Crippen LogP contribution in [0.25, 0.3) is 0 Å². The highest BCUT2D eigenvalue weighted by molar-refractivity contribution is 5.29. The fraction of sp³-hybridized carbons (Fsp3) is 0.769. The van der Waals surface area contributed by atoms with Crippen LogP contribution in [0.4, 0.5) is 5.82 Å². The maximum absolute atomic E-state index is 11.9. The first-order chi connectivity index (χ1) is 8.99. The minimum absolute atomic E-state index is 0.267. The largest absolute Gasteiger partial charge is 0.364 e. The van der Waals surface area contributed by atoms with Gasteiger partial charge in [0.25, 0.3) is 5.56 Å². The zero-order valence-electron chi connectivity index (χ0n) is 11.8. The molecule has 106 valence electrons. The molecule has 1 saturated carbocycles. The minimum atomic E-state index is -0.401. The van der Waals surface area contributed by atoms with Crippen molar-refractivity contribution < 1.29 is 0 Å². The van der Waals surface area contributed by atoms with Crippen molar-refractivity contribution in [2.24, 2.45) is 25.9 Å². The summed E-state index contributed by atoms with van der Waals surface area (Å²) in [5.41, 5.74) is -0.755. The van der Waals surface area contributed by atoms with Crippen LogP contribution < -0.4 is 16.6 Å². The van der Waals surface area contributed by atoms with E-state index in [0.29, 0.717) is 5.92 Å². The van der Waals surface area contributed by atoms with E-state index < -0.39 is 5.69 Å². The molecule has 0 aromatic carbocycles. The predicted molar refractivity (Wildman–Crippen MR) is 74.3 cm³/mol. The third-order valence-electron chi connectivity index (χ3n) is 4.01. The normalized spacial score (nSPS) is 23.3. The highest BCUT2D eigenvalue weighted by atomic mass is 16.2. The van der Waals surface area contributed by atoms with Crippen molar-refractivity contribution in [3.05, 3.63) is 20.8 Å². The van der Waals surface area contributed by atoms with E-state index in [1.807, 2.05) is 0 Å². The van der Waals surface area contributed by atoms with E-state index in [2.05, 4.69) is 17.3 Å². The summed E-state index contributed by atoms with van der Waals surface area (Å²) >= 11 is 0. The monoisotopic (exact) mass is 266 g/mol. The number of hydrogen-bond donors (Lipinski definition) is 1. The zero-order chi connectivity index (χ0) is 14.0. The molecule has 0 aliphatic heterocycles. The summed E-state index contributed by atoms with van der Waals surface area (Å²) in [5, 5.41) is 7.09. The average Bonchev–Trinajstić information content (AvgIpc) is 2.41. The van der Waals surface area contributed by atoms with Crippen LogP contribution in [0.2, 0.25) is 0 Å². The van der Waals surface area contributed by atoms with Crippen LogP contribution >= 0.6 is 0 Å². The Bertz CT molecular complexity index is 553. The fourth-order valence-corrected chi connectivity index (χ4v) is 2.58. The van der Waals surface area contributed by atoms with Gasteiger partial charge in [0.15, 0.2) is 0 Å². The SMILES string of the molecule is CC1CCC(CNc2nn(C)c(=O)n(C)c2=O)CC1. The highest BCUT2D eigenvalue weighted by Gasteiger charge is 2.18. The van der Waals surface area contributed by atoms with Crippen molar-refractivity contribution >= 4 is 5.82 Å². The maximum atomic E-state index is 11.9. The Balaban J connectivity index is 2.04. The number of anilines is 1. The van der Waals surface area contributed by atoms with E-state index in [1.54, 1.807) is 7.05 Å². The van der Waals surface area contributed by atoms with E-state index in [9.17, 15) is 9.59 Å². The Kier molecular flexibility index (Phi) is 4.07. The molecular formula is C13H22N4O2. The zero-order valence-corrected chi connectivity index (χ0v) is 11.8. The van der Waals surface area contributed by atoms with E-state index in [4.69, 9.17) is 0 Å². The van der Waals surface area contributed by atoms with Crippen molar-refractivity contribution in [3.8, 4) is 0 Å². The van der Waals surface area contributed by atoms with Crippen molar-refractivity contribution in [2.75, 3.05) is 11.9 Å². The molecule has 0 amide bonds. The summed E-state index contributed by atoms with van der Waals surface area (Å²) in [6, 6.07) is 0. The molecule has 0 spiro atoms. The van der Waals surface area contributed by atoms with Gasteiger partial charge in [-0.1, -0.05) is 19.8 Å². The van der Waals surface area contributed by atoms with Gasteiger partial charge in [0.05, 0.1) is 0 Å². The van der Waals surface area contributed by atoms with Crippen molar-refractivity contribution in [3.63, 3.8) is 0 Å². The molecule has 19 heavy (non-hydrogen) atoms. The standard InChI is InChI=1S/C13H22N4O2/c1-9-4-6-10(7-5-9)8-14-11-12(18)16(2)13(19)17(3)15-11/h9-10H,4-8H2,1-3H3,(H,14,15). The van der Waals surface area contributed by atoms with Crippen molar-refractivity contribution in [1.29, 1.82) is 0 Å². The smallest absolute Gasteiger partial charge is 0.346 e. The maximum Gasteiger partial charge on any atom is 0.346 e. The first kappa shape index (κ1) is 13.8. The van der Waals surface area contributed by atoms with Gasteiger partial charge in [-0.25, -0.2) is 9.48 Å². The van der Waals surface area contributed by atoms with E-state index >= 15 is 0 Å². The molecular weight excluding hydrogens is 244 g/mol. The van der Waals surface area contributed by atoms with Crippen LogP contribution in [0.3, 0.4) is 0 Å². The molecule has 1 N–H and O–H groups in total. The molecule has 6 heteroatoms. The molecule has 0 saturated heterocycles. The van der Waals surface area contributed by atoms with Gasteiger partial charge >= 0.3 is 5.69 Å². The Hall–Kier alpha value is -1.59. The lowest BCUT2D eigenvalue weighted by molar-refractivity contribution is 0.300. The Morgan fingerprint density at radius 1 is 1.21 bits per heavy atom. The van der Waals surface area contributed by atoms with Crippen LogP contribution in [0, 0.1) is 11.8 Å². The van der Waals surface area contributed by atoms with E-state index in [-0.39, 0.29) is 11.4 Å². The molecule has 1 aliphatic carbocycles. The average molecular weight is 266 g/mol. The third-order valence-corrected chi connectivity index (χ3v) is 4.01. The molecule has 1 fully saturated rings. The highest BCUT2D eigenvalue weighted by Crippen LogP contribution is 2.27. The quantitative estimate of drug-likeness (QED) is 0.875. The van der Waals surface area contributed by atoms with Gasteiger partial charge in [0.1, 0.15) is 0 Å². The summed E-state index contributed by atoms with van der Waals surface area (Å²) in [7, 11) is 3.02. The van der Waals surface area contributed by atoms with E-state index in [0.717, 1.165) is 17.0 Å². The lowest BCUT2D eigenvalue weighted by Crippen LogP contribution is -2.40. The van der Waals surface area contributed by atoms with E-state index in [1.165, 1.54) is 37.4 Å². The van der Waals surface area contributed by atoms with Gasteiger partial charge in [0, 0.05) is 20.6 Å². The topological polar surface area (TPSA) is 68.9 Å². The summed E-state index contributed by atoms with van der Waals surface area (Å²) < 4.78 is 2.27. The lowest BCUT2D eigenvalue weighted by Gasteiger charge is -2.26. The third kappa shape index (κ3) is 3.05. The number of nitrogens with one attached hydrogen (secondary N) is 1. The number of aromatic nitrogens is 3. The Labute approximate surface area is 112 Å². The first-order valence-electron chi connectivity index (χ1n) is 6.87. The second-order valence-electron chi connectivity index (χ2n) is 5.63. The summed E-state index contributed by atoms with van der Waals surface area (Å²) in [6.07, 6.45) is 4.90. The molecule has 0 bridgehead atoms. The minimum Gasteiger partial charge on any atom is -0.364 e. The van der Waals surface area contributed by atoms with Crippen LogP contribution in [0.1, 0.15) is 32.6 Å². The van der Waals surface area contributed by atoms with Gasteiger partial charge in [-0.3, -0.25) is 9.36 Å². The lowest BCUT2D eigenvalue weighted by atomic mass is 9.83. The van der Waals surface area contributed by atoms with Crippen LogP contribution in [0.5, 0.6) is 0 Å². The summed E-state index contributed by atoms with van der Waals surface area (Å²) in [5.74, 6) is 1.68. The van der Waals surface area contributed by atoms with Crippen molar-refractivity contribution in [2.45, 2.75) is 32.6 Å². The van der Waals surface area contributed by atoms with Crippen molar-refractivity contribution in [1.82, 2.24) is 14.3 Å². The molecule has 1 aromatic heterocycles. The summed E-state index contributed by atoms with van der Waals surface area (Å²) in [4.78, 5) is 23.4. The van der Waals surface area contributed by atoms with Crippen LogP contribution in [-0.2, 0) is 14.1 Å². The van der Waals surface area contributed by atoms with Crippen LogP contribution in [-0.4, -0.2) is 20.9 Å². The summed E-state index contributed by atoms with van der Waals surface area (Å²) in [6.45, 7) is 3.04.